The molecule has 0 aromatic carbocycles. The van der Waals surface area contributed by atoms with E-state index in [-0.39, 0.29) is 51.4 Å². The average molecular weight is 823 g/mol. The number of anilines is 1. The largest absolute Gasteiger partial charge is 0.477 e. The van der Waals surface area contributed by atoms with Gasteiger partial charge in [0.05, 0.1) is 16.7 Å². The van der Waals surface area contributed by atoms with Crippen molar-refractivity contribution in [2.24, 2.45) is 16.9 Å². The van der Waals surface area contributed by atoms with E-state index >= 15 is 0 Å². The number of nitrogens with two attached hydrogens (primary N) is 2. The second-order valence-electron chi connectivity index (χ2n) is 13.2. The van der Waals surface area contributed by atoms with Crippen LogP contribution in [0.1, 0.15) is 39.8 Å². The quantitative estimate of drug-likeness (QED) is 0.0644. The number of carboxylic acids is 1. The highest BCUT2D eigenvalue weighted by Gasteiger charge is 2.56. The van der Waals surface area contributed by atoms with Crippen molar-refractivity contribution >= 4 is 93.3 Å². The third-order valence-electron chi connectivity index (χ3n) is 8.36. The summed E-state index contributed by atoms with van der Waals surface area (Å²) in [6.45, 7) is 5.40. The molecule has 0 spiro atoms. The summed E-state index contributed by atoms with van der Waals surface area (Å²) in [5, 5.41) is 18.3. The Balaban J connectivity index is 1.33. The molecular formula is C32H38N8O12S3. The number of β-lactam (4-membered cyclic amide) rings is 2. The molecule has 1 aromatic heterocycles. The molecule has 0 radical (unpaired) electrons. The van der Waals surface area contributed by atoms with Crippen molar-refractivity contribution in [3.63, 3.8) is 0 Å². The minimum atomic E-state index is -1.39. The van der Waals surface area contributed by atoms with E-state index in [0.717, 1.165) is 16.2 Å². The lowest BCUT2D eigenvalue weighted by atomic mass is 9.98. The smallest absolute Gasteiger partial charge is 0.404 e. The number of hydrogen-bond donors (Lipinski definition) is 6. The van der Waals surface area contributed by atoms with Crippen molar-refractivity contribution in [2.45, 2.75) is 56.9 Å². The number of amides is 6. The summed E-state index contributed by atoms with van der Waals surface area (Å²) in [7, 11) is 0. The lowest BCUT2D eigenvalue weighted by Crippen LogP contribution is -2.71. The van der Waals surface area contributed by atoms with Crippen molar-refractivity contribution in [2.75, 3.05) is 36.8 Å². The number of rotatable bonds is 14. The Bertz CT molecular complexity index is 1920. The first kappa shape index (κ1) is 41.0. The Morgan fingerprint density at radius 1 is 0.964 bits per heavy atom. The molecule has 0 unspecified atom stereocenters. The van der Waals surface area contributed by atoms with Crippen LogP contribution >= 0.6 is 34.9 Å². The van der Waals surface area contributed by atoms with Gasteiger partial charge >= 0.3 is 30.0 Å². The molecule has 5 heterocycles. The van der Waals surface area contributed by atoms with E-state index in [2.05, 4.69) is 20.9 Å². The Morgan fingerprint density at radius 3 is 2.22 bits per heavy atom. The van der Waals surface area contributed by atoms with Crippen LogP contribution in [0.15, 0.2) is 34.0 Å². The predicted molar refractivity (Wildman–Crippen MR) is 197 cm³/mol. The molecule has 1 aromatic rings. The molecule has 0 bridgehead atoms. The Hall–Kier alpha value is -5.13. The average Bonchev–Trinajstić information content (AvgIpc) is 3.57. The number of nitrogens with zero attached hydrogens (tertiary/aromatic N) is 3. The fraction of sp³-hybridized carbons (Fsp3) is 0.469. The summed E-state index contributed by atoms with van der Waals surface area (Å²) in [6.07, 6.45) is 0.951. The highest BCUT2D eigenvalue weighted by Crippen LogP contribution is 2.43. The molecule has 0 saturated carbocycles. The van der Waals surface area contributed by atoms with E-state index in [0.29, 0.717) is 12.0 Å². The van der Waals surface area contributed by atoms with Gasteiger partial charge in [0, 0.05) is 29.0 Å². The van der Waals surface area contributed by atoms with Gasteiger partial charge in [-0.15, -0.1) is 34.9 Å². The molecule has 4 aliphatic rings. The first-order valence-corrected chi connectivity index (χ1v) is 19.5. The Kier molecular flexibility index (Phi) is 12.5. The summed E-state index contributed by atoms with van der Waals surface area (Å²) in [6, 6.07) is -2.78. The monoisotopic (exact) mass is 822 g/mol. The predicted octanol–water partition coefficient (Wildman–Crippen LogP) is 0.478. The molecule has 23 heteroatoms. The number of nitrogens with one attached hydrogen (secondary N) is 3. The summed E-state index contributed by atoms with van der Waals surface area (Å²) in [4.78, 5) is 107. The third kappa shape index (κ3) is 8.73. The second-order valence-corrected chi connectivity index (χ2v) is 16.3. The number of carboxylic acid groups (broad SMARTS) is 1. The number of thioether (sulfide) groups is 2. The van der Waals surface area contributed by atoms with Crippen LogP contribution in [0.5, 0.6) is 0 Å². The van der Waals surface area contributed by atoms with E-state index in [9.17, 15) is 43.5 Å². The molecule has 5 rings (SSSR count). The van der Waals surface area contributed by atoms with Crippen LogP contribution in [0.2, 0.25) is 0 Å². The van der Waals surface area contributed by atoms with Gasteiger partial charge in [0.15, 0.2) is 5.13 Å². The van der Waals surface area contributed by atoms with Gasteiger partial charge < -0.3 is 36.1 Å². The minimum absolute atomic E-state index is 0.104. The number of allylic oxidation sites excluding steroid dienone is 1. The highest BCUT2D eigenvalue weighted by molar-refractivity contribution is 8.00. The topological polar surface area (TPSA) is 292 Å². The van der Waals surface area contributed by atoms with Crippen LogP contribution in [-0.4, -0.2) is 122 Å². The summed E-state index contributed by atoms with van der Waals surface area (Å²) in [5.41, 5.74) is 9.77. The maximum absolute atomic E-state index is 13.7. The first-order valence-electron chi connectivity index (χ1n) is 16.5. The van der Waals surface area contributed by atoms with Gasteiger partial charge in [0.25, 0.3) is 11.8 Å². The van der Waals surface area contributed by atoms with Crippen LogP contribution in [0.3, 0.4) is 0 Å². The number of hydrogen-bond acceptors (Lipinski definition) is 16. The molecule has 0 aliphatic carbocycles. The Labute approximate surface area is 325 Å². The molecule has 4 atom stereocenters. The molecule has 4 aliphatic heterocycles. The van der Waals surface area contributed by atoms with Gasteiger partial charge in [-0.3, -0.25) is 39.6 Å². The molecule has 296 valence electrons. The molecule has 2 fully saturated rings. The van der Waals surface area contributed by atoms with Gasteiger partial charge in [0.2, 0.25) is 12.7 Å². The highest BCUT2D eigenvalue weighted by atomic mass is 32.2. The van der Waals surface area contributed by atoms with E-state index in [4.69, 9.17) is 25.7 Å². The summed E-state index contributed by atoms with van der Waals surface area (Å²) in [5.74, 6) is -4.58. The van der Waals surface area contributed by atoms with Crippen LogP contribution in [-0.2, 0) is 43.0 Å². The lowest BCUT2D eigenvalue weighted by Gasteiger charge is -2.51. The van der Waals surface area contributed by atoms with Gasteiger partial charge in [0.1, 0.15) is 40.8 Å². The fourth-order valence-electron chi connectivity index (χ4n) is 5.77. The maximum Gasteiger partial charge on any atom is 0.404 e. The first-order chi connectivity index (χ1) is 25.9. The van der Waals surface area contributed by atoms with Crippen molar-refractivity contribution in [1.29, 1.82) is 0 Å². The summed E-state index contributed by atoms with van der Waals surface area (Å²) >= 11 is 3.52. The number of urea groups is 1. The number of aliphatic carboxylic acids is 1. The van der Waals surface area contributed by atoms with Crippen LogP contribution in [0.25, 0.3) is 5.57 Å². The summed E-state index contributed by atoms with van der Waals surface area (Å²) < 4.78 is 15.1. The van der Waals surface area contributed by atoms with Gasteiger partial charge in [-0.25, -0.2) is 24.2 Å². The molecular weight excluding hydrogens is 785 g/mol. The van der Waals surface area contributed by atoms with E-state index in [1.807, 2.05) is 0 Å². The van der Waals surface area contributed by atoms with E-state index < -0.39 is 89.4 Å². The Morgan fingerprint density at radius 2 is 1.60 bits per heavy atom. The number of esters is 2. The molecule has 55 heavy (non-hydrogen) atoms. The van der Waals surface area contributed by atoms with Crippen LogP contribution in [0.4, 0.5) is 14.7 Å². The van der Waals surface area contributed by atoms with Crippen molar-refractivity contribution in [3.05, 3.63) is 39.7 Å². The van der Waals surface area contributed by atoms with Crippen molar-refractivity contribution in [3.8, 4) is 0 Å². The number of primary amides is 2. The van der Waals surface area contributed by atoms with E-state index in [1.54, 1.807) is 39.2 Å². The lowest BCUT2D eigenvalue weighted by molar-refractivity contribution is -0.173. The molecule has 6 amide bonds. The zero-order chi connectivity index (χ0) is 40.4. The van der Waals surface area contributed by atoms with Crippen molar-refractivity contribution < 1.29 is 57.7 Å². The minimum Gasteiger partial charge on any atom is -0.477 e. The zero-order valence-corrected chi connectivity index (χ0v) is 32.3. The fourth-order valence-corrected chi connectivity index (χ4v) is 9.18. The number of ether oxygens (including phenoxy) is 3. The zero-order valence-electron chi connectivity index (χ0n) is 29.9. The number of aromatic nitrogens is 1. The molecule has 8 N–H and O–H groups in total. The number of carbonyl (C=O) groups is 8. The van der Waals surface area contributed by atoms with Gasteiger partial charge in [-0.05, 0) is 32.8 Å². The maximum atomic E-state index is 13.7. The van der Waals surface area contributed by atoms with Gasteiger partial charge in [-0.2, -0.15) is 0 Å². The van der Waals surface area contributed by atoms with Gasteiger partial charge in [-0.1, -0.05) is 13.0 Å². The van der Waals surface area contributed by atoms with E-state index in [1.165, 1.54) is 28.4 Å². The van der Waals surface area contributed by atoms with Crippen LogP contribution < -0.4 is 27.4 Å². The second kappa shape index (κ2) is 16.7. The standard InChI is InChI=1S/C32H38N8O12S3/c1-5-6-15(16-11-55-31(36-16)38-29(33)48)21(41)37-18-23(43)40-20(27(46)51-12-52-28(47)32(2,3)4)13(9-53-25(18)40)7-35-17-22(42)39-19(26(44)45)14(8-50-30(34)49)10-54-24(17)39/h6,11,17-18,24-25,35H,5,7-10,12H2,1-4H3,(H2,34,49)(H,37,41)(H,44,45)(H3,33,36,38,48)/b15-6-/t17-,18-,24-,25-/m1/s1. The third-order valence-corrected chi connectivity index (χ3v) is 11.8. The number of fused-ring (bicyclic) bond motifs is 2. The number of thiazole rings is 1. The number of carbonyl (C=O) groups excluding carboxylic acids is 7. The van der Waals surface area contributed by atoms with Crippen LogP contribution in [0, 0.1) is 5.41 Å². The van der Waals surface area contributed by atoms with Crippen molar-refractivity contribution in [1.82, 2.24) is 25.4 Å². The molecule has 2 saturated heterocycles. The normalized spacial score (nSPS) is 22.1. The molecule has 20 nitrogen and oxygen atoms in total. The SMILES string of the molecule is CC/C=C(\C(=O)N[C@@H]1C(=O)N2C(C(=O)OCOC(=O)C(C)(C)C)=C(CN[C@@H]3C(=O)N4C(C(=O)O)=C(COC(N)=O)CS[C@H]34)CS[C@H]12)c1csc(NC(N)=O)n1.